The van der Waals surface area contributed by atoms with Gasteiger partial charge in [0, 0.05) is 11.7 Å². The van der Waals surface area contributed by atoms with Gasteiger partial charge in [-0.25, -0.2) is 0 Å². The van der Waals surface area contributed by atoms with Crippen LogP contribution in [-0.2, 0) is 0 Å². The van der Waals surface area contributed by atoms with Crippen LogP contribution in [0.3, 0.4) is 0 Å². The predicted molar refractivity (Wildman–Crippen MR) is 94.1 cm³/mol. The molecule has 3 rings (SSSR count). The number of anilines is 3. The SMILES string of the molecule is Cc1cccc(C)c1Nc1cnnc(NC2CCCCCC2)n1. The normalized spacial score (nSPS) is 15.9. The van der Waals surface area contributed by atoms with Gasteiger partial charge in [-0.2, -0.15) is 10.1 Å². The molecule has 5 heteroatoms. The average Bonchev–Trinajstić information content (AvgIpc) is 2.80. The van der Waals surface area contributed by atoms with Crippen molar-refractivity contribution in [1.29, 1.82) is 0 Å². The Bertz CT molecular complexity index is 627. The van der Waals surface area contributed by atoms with Crippen molar-refractivity contribution < 1.29 is 0 Å². The molecule has 0 atom stereocenters. The first-order valence-corrected chi connectivity index (χ1v) is 8.52. The van der Waals surface area contributed by atoms with Crippen LogP contribution in [0.25, 0.3) is 0 Å². The Kier molecular flexibility index (Phi) is 5.05. The fourth-order valence-corrected chi connectivity index (χ4v) is 3.17. The van der Waals surface area contributed by atoms with Crippen LogP contribution < -0.4 is 10.6 Å². The van der Waals surface area contributed by atoms with Gasteiger partial charge < -0.3 is 10.6 Å². The number of aromatic nitrogens is 3. The average molecular weight is 311 g/mol. The molecule has 1 aromatic heterocycles. The van der Waals surface area contributed by atoms with E-state index in [0.29, 0.717) is 12.0 Å². The Labute approximate surface area is 137 Å². The molecule has 122 valence electrons. The Morgan fingerprint density at radius 1 is 1.00 bits per heavy atom. The molecule has 0 radical (unpaired) electrons. The Morgan fingerprint density at radius 3 is 2.39 bits per heavy atom. The van der Waals surface area contributed by atoms with Gasteiger partial charge in [0.25, 0.3) is 0 Å². The largest absolute Gasteiger partial charge is 0.350 e. The summed E-state index contributed by atoms with van der Waals surface area (Å²) in [5, 5.41) is 15.1. The monoisotopic (exact) mass is 311 g/mol. The number of nitrogens with one attached hydrogen (secondary N) is 2. The van der Waals surface area contributed by atoms with Crippen LogP contribution >= 0.6 is 0 Å². The lowest BCUT2D eigenvalue weighted by atomic mass is 10.1. The smallest absolute Gasteiger partial charge is 0.244 e. The molecule has 1 heterocycles. The molecule has 0 unspecified atom stereocenters. The zero-order valence-electron chi connectivity index (χ0n) is 14.0. The van der Waals surface area contributed by atoms with Gasteiger partial charge in [0.05, 0.1) is 6.20 Å². The van der Waals surface area contributed by atoms with Gasteiger partial charge in [0.1, 0.15) is 0 Å². The summed E-state index contributed by atoms with van der Waals surface area (Å²) in [6.45, 7) is 4.18. The third-order valence-electron chi connectivity index (χ3n) is 4.48. The summed E-state index contributed by atoms with van der Waals surface area (Å²) in [6, 6.07) is 6.71. The highest BCUT2D eigenvalue weighted by Crippen LogP contribution is 2.24. The first-order chi connectivity index (χ1) is 11.2. The number of rotatable bonds is 4. The minimum Gasteiger partial charge on any atom is -0.350 e. The Morgan fingerprint density at radius 2 is 1.70 bits per heavy atom. The zero-order valence-corrected chi connectivity index (χ0v) is 14.0. The molecule has 1 aliphatic carbocycles. The number of nitrogens with zero attached hydrogens (tertiary/aromatic N) is 3. The van der Waals surface area contributed by atoms with Gasteiger partial charge in [-0.1, -0.05) is 43.9 Å². The van der Waals surface area contributed by atoms with E-state index in [4.69, 9.17) is 0 Å². The van der Waals surface area contributed by atoms with Crippen molar-refractivity contribution in [3.8, 4) is 0 Å². The van der Waals surface area contributed by atoms with Crippen molar-refractivity contribution in [2.75, 3.05) is 10.6 Å². The van der Waals surface area contributed by atoms with Gasteiger partial charge in [-0.05, 0) is 37.8 Å². The van der Waals surface area contributed by atoms with Gasteiger partial charge in [-0.3, -0.25) is 0 Å². The van der Waals surface area contributed by atoms with Crippen molar-refractivity contribution in [2.45, 2.75) is 58.4 Å². The van der Waals surface area contributed by atoms with E-state index in [-0.39, 0.29) is 0 Å². The second kappa shape index (κ2) is 7.40. The Hall–Kier alpha value is -2.17. The number of benzene rings is 1. The molecular formula is C18H25N5. The van der Waals surface area contributed by atoms with E-state index in [1.165, 1.54) is 49.7 Å². The van der Waals surface area contributed by atoms with Crippen LogP contribution in [0.1, 0.15) is 49.7 Å². The van der Waals surface area contributed by atoms with Gasteiger partial charge >= 0.3 is 0 Å². The second-order valence-electron chi connectivity index (χ2n) is 6.39. The zero-order chi connectivity index (χ0) is 16.1. The minimum absolute atomic E-state index is 0.467. The van der Waals surface area contributed by atoms with Crippen LogP contribution in [0.4, 0.5) is 17.5 Å². The van der Waals surface area contributed by atoms with E-state index in [0.717, 1.165) is 11.5 Å². The van der Waals surface area contributed by atoms with Crippen LogP contribution in [-0.4, -0.2) is 21.2 Å². The third-order valence-corrected chi connectivity index (χ3v) is 4.48. The number of para-hydroxylation sites is 1. The summed E-state index contributed by atoms with van der Waals surface area (Å²) in [6.07, 6.45) is 9.30. The second-order valence-corrected chi connectivity index (χ2v) is 6.39. The van der Waals surface area contributed by atoms with E-state index < -0.39 is 0 Å². The quantitative estimate of drug-likeness (QED) is 0.821. The molecule has 1 aliphatic rings. The maximum absolute atomic E-state index is 4.58. The molecule has 0 aliphatic heterocycles. The summed E-state index contributed by atoms with van der Waals surface area (Å²) >= 11 is 0. The molecule has 0 amide bonds. The molecule has 0 bridgehead atoms. The van der Waals surface area contributed by atoms with Crippen LogP contribution in [0.15, 0.2) is 24.4 Å². The van der Waals surface area contributed by atoms with Crippen LogP contribution in [0.2, 0.25) is 0 Å². The molecule has 2 N–H and O–H groups in total. The van der Waals surface area contributed by atoms with E-state index in [2.05, 4.69) is 57.9 Å². The van der Waals surface area contributed by atoms with Crippen molar-refractivity contribution >= 4 is 17.5 Å². The minimum atomic E-state index is 0.467. The highest BCUT2D eigenvalue weighted by atomic mass is 15.3. The fourth-order valence-electron chi connectivity index (χ4n) is 3.17. The molecular weight excluding hydrogens is 286 g/mol. The molecule has 2 aromatic rings. The summed E-state index contributed by atoms with van der Waals surface area (Å²) in [5.74, 6) is 1.35. The topological polar surface area (TPSA) is 62.7 Å². The number of hydrogen-bond donors (Lipinski definition) is 2. The number of aryl methyl sites for hydroxylation is 2. The summed E-state index contributed by atoms with van der Waals surface area (Å²) in [4.78, 5) is 4.58. The predicted octanol–water partition coefficient (Wildman–Crippen LogP) is 4.37. The van der Waals surface area contributed by atoms with E-state index in [1.54, 1.807) is 6.20 Å². The van der Waals surface area contributed by atoms with Gasteiger partial charge in [0.15, 0.2) is 5.82 Å². The lowest BCUT2D eigenvalue weighted by Crippen LogP contribution is -2.20. The first-order valence-electron chi connectivity index (χ1n) is 8.52. The van der Waals surface area contributed by atoms with Crippen LogP contribution in [0.5, 0.6) is 0 Å². The van der Waals surface area contributed by atoms with Gasteiger partial charge in [-0.15, -0.1) is 5.10 Å². The van der Waals surface area contributed by atoms with Crippen molar-refractivity contribution in [1.82, 2.24) is 15.2 Å². The highest BCUT2D eigenvalue weighted by molar-refractivity contribution is 5.64. The number of hydrogen-bond acceptors (Lipinski definition) is 5. The van der Waals surface area contributed by atoms with E-state index in [1.807, 2.05) is 0 Å². The van der Waals surface area contributed by atoms with E-state index >= 15 is 0 Å². The maximum atomic E-state index is 4.58. The molecule has 0 saturated heterocycles. The molecule has 1 aromatic carbocycles. The molecule has 1 saturated carbocycles. The van der Waals surface area contributed by atoms with Crippen LogP contribution in [0, 0.1) is 13.8 Å². The summed E-state index contributed by atoms with van der Waals surface area (Å²) in [5.41, 5.74) is 3.48. The first kappa shape index (κ1) is 15.7. The Balaban J connectivity index is 1.72. The standard InChI is InChI=1S/C18H25N5/c1-13-8-7-9-14(2)17(13)21-16-12-19-23-18(22-16)20-15-10-5-3-4-6-11-15/h7-9,12,15H,3-6,10-11H2,1-2H3,(H2,20,21,22,23). The molecule has 23 heavy (non-hydrogen) atoms. The lowest BCUT2D eigenvalue weighted by Gasteiger charge is -2.16. The lowest BCUT2D eigenvalue weighted by molar-refractivity contribution is 0.613. The van der Waals surface area contributed by atoms with Gasteiger partial charge in [0.2, 0.25) is 5.95 Å². The third kappa shape index (κ3) is 4.18. The maximum Gasteiger partial charge on any atom is 0.244 e. The highest BCUT2D eigenvalue weighted by Gasteiger charge is 2.13. The summed E-state index contributed by atoms with van der Waals surface area (Å²) < 4.78 is 0. The molecule has 0 spiro atoms. The molecule has 1 fully saturated rings. The fraction of sp³-hybridized carbons (Fsp3) is 0.500. The van der Waals surface area contributed by atoms with Crippen molar-refractivity contribution in [3.05, 3.63) is 35.5 Å². The van der Waals surface area contributed by atoms with Crippen molar-refractivity contribution in [2.24, 2.45) is 0 Å². The van der Waals surface area contributed by atoms with E-state index in [9.17, 15) is 0 Å². The summed E-state index contributed by atoms with van der Waals surface area (Å²) in [7, 11) is 0. The van der Waals surface area contributed by atoms with Crippen molar-refractivity contribution in [3.63, 3.8) is 0 Å². The molecule has 5 nitrogen and oxygen atoms in total.